The van der Waals surface area contributed by atoms with Gasteiger partial charge in [-0.1, -0.05) is 12.8 Å². The normalized spacial score (nSPS) is 25.7. The average Bonchev–Trinajstić information content (AvgIpc) is 2.62. The Morgan fingerprint density at radius 2 is 1.81 bits per heavy atom. The van der Waals surface area contributed by atoms with Crippen molar-refractivity contribution in [3.05, 3.63) is 29.3 Å². The molecule has 1 aliphatic heterocycles. The molecule has 1 saturated carbocycles. The topological polar surface area (TPSA) is 59.3 Å². The predicted molar refractivity (Wildman–Crippen MR) is 92.6 cm³/mol. The number of benzene rings is 1. The fourth-order valence-electron chi connectivity index (χ4n) is 4.09. The van der Waals surface area contributed by atoms with E-state index in [9.17, 15) is 18.3 Å². The summed E-state index contributed by atoms with van der Waals surface area (Å²) >= 11 is 0. The van der Waals surface area contributed by atoms with E-state index in [2.05, 4.69) is 10.2 Å². The van der Waals surface area contributed by atoms with Crippen LogP contribution in [-0.4, -0.2) is 41.3 Å². The minimum Gasteiger partial charge on any atom is -0.391 e. The molecule has 1 aromatic rings. The molecule has 0 amide bonds. The molecule has 0 aromatic heterocycles. The highest BCUT2D eigenvalue weighted by molar-refractivity contribution is 5.56. The van der Waals surface area contributed by atoms with Gasteiger partial charge >= 0.3 is 6.18 Å². The van der Waals surface area contributed by atoms with Gasteiger partial charge in [0.05, 0.1) is 23.3 Å². The molecule has 1 saturated heterocycles. The fourth-order valence-corrected chi connectivity index (χ4v) is 4.09. The highest BCUT2D eigenvalue weighted by Crippen LogP contribution is 2.36. The number of rotatable bonds is 3. The lowest BCUT2D eigenvalue weighted by molar-refractivity contribution is -0.137. The van der Waals surface area contributed by atoms with Gasteiger partial charge in [0.25, 0.3) is 0 Å². The second-order valence-corrected chi connectivity index (χ2v) is 7.24. The zero-order valence-electron chi connectivity index (χ0n) is 14.6. The number of hydrogen-bond acceptors (Lipinski definition) is 4. The monoisotopic (exact) mass is 367 g/mol. The van der Waals surface area contributed by atoms with Gasteiger partial charge in [-0.2, -0.15) is 18.4 Å². The fraction of sp³-hybridized carbons (Fsp3) is 0.632. The number of alkyl halides is 3. The number of nitrogens with one attached hydrogen (secondary N) is 1. The molecule has 1 heterocycles. The van der Waals surface area contributed by atoms with Crippen LogP contribution in [0, 0.1) is 11.3 Å². The summed E-state index contributed by atoms with van der Waals surface area (Å²) in [5.74, 6) is 0. The molecular weight excluding hydrogens is 343 g/mol. The Hall–Kier alpha value is -1.78. The molecule has 4 nitrogen and oxygen atoms in total. The van der Waals surface area contributed by atoms with E-state index in [4.69, 9.17) is 5.26 Å². The summed E-state index contributed by atoms with van der Waals surface area (Å²) in [6, 6.07) is 5.56. The Morgan fingerprint density at radius 1 is 1.12 bits per heavy atom. The van der Waals surface area contributed by atoms with Crippen LogP contribution in [0.2, 0.25) is 0 Å². The number of nitrogens with zero attached hydrogens (tertiary/aromatic N) is 2. The van der Waals surface area contributed by atoms with Crippen molar-refractivity contribution >= 4 is 5.69 Å². The number of aliphatic hydroxyl groups excluding tert-OH is 1. The molecule has 2 fully saturated rings. The summed E-state index contributed by atoms with van der Waals surface area (Å²) in [6.45, 7) is 1.55. The molecule has 0 radical (unpaired) electrons. The second kappa shape index (κ2) is 7.85. The number of anilines is 1. The van der Waals surface area contributed by atoms with Crippen molar-refractivity contribution in [1.29, 1.82) is 5.26 Å². The van der Waals surface area contributed by atoms with Crippen LogP contribution in [0.1, 0.15) is 49.7 Å². The number of hydrogen-bond donors (Lipinski definition) is 2. The summed E-state index contributed by atoms with van der Waals surface area (Å²) < 4.78 is 39.8. The lowest BCUT2D eigenvalue weighted by Crippen LogP contribution is -2.50. The third-order valence-electron chi connectivity index (χ3n) is 5.51. The molecular formula is C19H24F3N3O. The molecule has 26 heavy (non-hydrogen) atoms. The van der Waals surface area contributed by atoms with E-state index in [1.807, 2.05) is 0 Å². The van der Waals surface area contributed by atoms with Gasteiger partial charge in [0, 0.05) is 30.9 Å². The quantitative estimate of drug-likeness (QED) is 0.854. The third-order valence-corrected chi connectivity index (χ3v) is 5.51. The van der Waals surface area contributed by atoms with Gasteiger partial charge in [-0.25, -0.2) is 0 Å². The van der Waals surface area contributed by atoms with Crippen LogP contribution in [0.3, 0.4) is 0 Å². The zero-order chi connectivity index (χ0) is 18.7. The molecule has 3 rings (SSSR count). The highest BCUT2D eigenvalue weighted by Gasteiger charge is 2.35. The Labute approximate surface area is 151 Å². The predicted octanol–water partition coefficient (Wildman–Crippen LogP) is 3.76. The number of aliphatic hydroxyl groups is 1. The molecule has 2 N–H and O–H groups in total. The maximum absolute atomic E-state index is 13.3. The lowest BCUT2D eigenvalue weighted by Gasteiger charge is -2.42. The summed E-state index contributed by atoms with van der Waals surface area (Å²) in [5, 5.41) is 22.1. The van der Waals surface area contributed by atoms with Gasteiger partial charge in [-0.05, 0) is 43.9 Å². The van der Waals surface area contributed by atoms with Crippen LogP contribution in [0.5, 0.6) is 0 Å². The maximum atomic E-state index is 13.3. The van der Waals surface area contributed by atoms with Crippen molar-refractivity contribution in [1.82, 2.24) is 4.90 Å². The van der Waals surface area contributed by atoms with E-state index in [0.717, 1.165) is 57.7 Å². The molecule has 0 spiro atoms. The van der Waals surface area contributed by atoms with Crippen LogP contribution in [0.25, 0.3) is 0 Å². The third kappa shape index (κ3) is 4.30. The summed E-state index contributed by atoms with van der Waals surface area (Å²) in [5.41, 5.74) is -0.752. The summed E-state index contributed by atoms with van der Waals surface area (Å²) in [6.07, 6.45) is 0.706. The van der Waals surface area contributed by atoms with Crippen LogP contribution in [0.15, 0.2) is 18.2 Å². The Balaban J connectivity index is 1.64. The summed E-state index contributed by atoms with van der Waals surface area (Å²) in [7, 11) is 0. The van der Waals surface area contributed by atoms with E-state index < -0.39 is 11.7 Å². The van der Waals surface area contributed by atoms with Gasteiger partial charge in [0.2, 0.25) is 0 Å². The van der Waals surface area contributed by atoms with E-state index in [-0.39, 0.29) is 29.4 Å². The largest absolute Gasteiger partial charge is 0.418 e. The van der Waals surface area contributed by atoms with Crippen molar-refractivity contribution < 1.29 is 18.3 Å². The number of halogens is 3. The van der Waals surface area contributed by atoms with Crippen LogP contribution >= 0.6 is 0 Å². The van der Waals surface area contributed by atoms with Crippen molar-refractivity contribution in [2.75, 3.05) is 18.4 Å². The first-order valence-corrected chi connectivity index (χ1v) is 9.18. The second-order valence-electron chi connectivity index (χ2n) is 7.24. The first-order chi connectivity index (χ1) is 12.4. The van der Waals surface area contributed by atoms with Gasteiger partial charge < -0.3 is 10.4 Å². The molecule has 142 valence electrons. The average molecular weight is 367 g/mol. The van der Waals surface area contributed by atoms with Crippen molar-refractivity contribution in [2.45, 2.75) is 62.9 Å². The Bertz CT molecular complexity index is 663. The number of piperidine rings is 1. The smallest absolute Gasteiger partial charge is 0.391 e. The first-order valence-electron chi connectivity index (χ1n) is 9.18. The molecule has 1 aliphatic carbocycles. The van der Waals surface area contributed by atoms with Crippen molar-refractivity contribution in [2.24, 2.45) is 0 Å². The molecule has 2 unspecified atom stereocenters. The van der Waals surface area contributed by atoms with Crippen molar-refractivity contribution in [3.63, 3.8) is 0 Å². The summed E-state index contributed by atoms with van der Waals surface area (Å²) in [4.78, 5) is 2.28. The van der Waals surface area contributed by atoms with E-state index in [0.29, 0.717) is 0 Å². The SMILES string of the molecule is N#Cc1ccc(NC2CCN(C3CCCCC3O)CC2)c(C(F)(F)F)c1. The van der Waals surface area contributed by atoms with Crippen molar-refractivity contribution in [3.8, 4) is 6.07 Å². The number of nitriles is 1. The van der Waals surface area contributed by atoms with E-state index in [1.165, 1.54) is 12.1 Å². The minimum absolute atomic E-state index is 0.00369. The molecule has 0 bridgehead atoms. The van der Waals surface area contributed by atoms with Gasteiger partial charge in [0.1, 0.15) is 0 Å². The van der Waals surface area contributed by atoms with Gasteiger partial charge in [0.15, 0.2) is 0 Å². The van der Waals surface area contributed by atoms with Gasteiger partial charge in [-0.15, -0.1) is 0 Å². The zero-order valence-corrected chi connectivity index (χ0v) is 14.6. The standard InChI is InChI=1S/C19H24F3N3O/c20-19(21,22)15-11-13(12-23)5-6-16(15)24-14-7-9-25(10-8-14)17-3-1-2-4-18(17)26/h5-6,11,14,17-18,24,26H,1-4,7-10H2. The Kier molecular flexibility index (Phi) is 5.73. The van der Waals surface area contributed by atoms with Crippen LogP contribution < -0.4 is 5.32 Å². The lowest BCUT2D eigenvalue weighted by atomic mass is 9.89. The first kappa shape index (κ1) is 19.0. The van der Waals surface area contributed by atoms with Crippen LogP contribution in [0.4, 0.5) is 18.9 Å². The molecule has 2 atom stereocenters. The molecule has 1 aromatic carbocycles. The molecule has 7 heteroatoms. The highest BCUT2D eigenvalue weighted by atomic mass is 19.4. The van der Waals surface area contributed by atoms with E-state index >= 15 is 0 Å². The minimum atomic E-state index is -4.50. The van der Waals surface area contributed by atoms with Crippen LogP contribution in [-0.2, 0) is 6.18 Å². The Morgan fingerprint density at radius 3 is 2.42 bits per heavy atom. The molecule has 2 aliphatic rings. The maximum Gasteiger partial charge on any atom is 0.418 e. The van der Waals surface area contributed by atoms with Gasteiger partial charge in [-0.3, -0.25) is 4.90 Å². The van der Waals surface area contributed by atoms with E-state index in [1.54, 1.807) is 6.07 Å². The number of likely N-dealkylation sites (tertiary alicyclic amines) is 1.